The van der Waals surface area contributed by atoms with Crippen molar-refractivity contribution in [2.75, 3.05) is 41.4 Å². The van der Waals surface area contributed by atoms with Crippen molar-refractivity contribution < 1.29 is 19.2 Å². The van der Waals surface area contributed by atoms with Gasteiger partial charge in [-0.3, -0.25) is 4.79 Å². The number of hydrogen-bond acceptors (Lipinski definition) is 5. The first kappa shape index (κ1) is 21.1. The van der Waals surface area contributed by atoms with E-state index in [0.29, 0.717) is 13.1 Å². The Morgan fingerprint density at radius 2 is 1.90 bits per heavy atom. The molecule has 0 saturated heterocycles. The van der Waals surface area contributed by atoms with Crippen molar-refractivity contribution in [3.8, 4) is 11.5 Å². The molecule has 29 heavy (non-hydrogen) atoms. The average Bonchev–Trinajstić information content (AvgIpc) is 3.14. The van der Waals surface area contributed by atoms with E-state index in [4.69, 9.17) is 9.47 Å². The van der Waals surface area contributed by atoms with Crippen LogP contribution in [0.4, 0.5) is 0 Å². The van der Waals surface area contributed by atoms with Gasteiger partial charge in [0.05, 0.1) is 44.6 Å². The molecule has 1 atom stereocenters. The van der Waals surface area contributed by atoms with Gasteiger partial charge in [0.15, 0.2) is 18.0 Å². The number of nitrogens with one attached hydrogen (secondary N) is 1. The number of amides is 1. The van der Waals surface area contributed by atoms with Gasteiger partial charge in [-0.1, -0.05) is 18.2 Å². The molecule has 0 aliphatic rings. The van der Waals surface area contributed by atoms with Gasteiger partial charge in [0, 0.05) is 13.5 Å². The summed E-state index contributed by atoms with van der Waals surface area (Å²) in [4.78, 5) is 20.2. The van der Waals surface area contributed by atoms with Crippen molar-refractivity contribution in [3.05, 3.63) is 53.0 Å². The van der Waals surface area contributed by atoms with Crippen LogP contribution in [0.1, 0.15) is 10.6 Å². The van der Waals surface area contributed by atoms with Crippen LogP contribution in [-0.4, -0.2) is 57.2 Å². The molecule has 0 saturated carbocycles. The number of hydrogen-bond donors (Lipinski definition) is 1. The fourth-order valence-corrected chi connectivity index (χ4v) is 4.17. The van der Waals surface area contributed by atoms with E-state index in [1.807, 2.05) is 50.5 Å². The summed E-state index contributed by atoms with van der Waals surface area (Å²) in [5.74, 6) is 1.58. The van der Waals surface area contributed by atoms with Crippen LogP contribution in [0, 0.1) is 0 Å². The highest BCUT2D eigenvalue weighted by atomic mass is 32.1. The number of nitrogens with zero attached hydrogens (tertiary/aromatic N) is 2. The molecule has 1 unspecified atom stereocenters. The Morgan fingerprint density at radius 3 is 2.62 bits per heavy atom. The lowest BCUT2D eigenvalue weighted by atomic mass is 10.1. The lowest BCUT2D eigenvalue weighted by Crippen LogP contribution is -3.10. The van der Waals surface area contributed by atoms with Gasteiger partial charge in [0.1, 0.15) is 5.01 Å². The number of likely N-dealkylation sites (N-methyl/N-ethyl adjacent to an activating group) is 2. The van der Waals surface area contributed by atoms with E-state index in [2.05, 4.69) is 11.1 Å². The van der Waals surface area contributed by atoms with Gasteiger partial charge in [-0.15, -0.1) is 11.3 Å². The molecule has 1 N–H and O–H groups in total. The summed E-state index contributed by atoms with van der Waals surface area (Å²) in [6.07, 6.45) is 0.862. The average molecular weight is 415 g/mol. The van der Waals surface area contributed by atoms with Crippen LogP contribution in [-0.2, 0) is 17.8 Å². The number of fused-ring (bicyclic) bond motifs is 1. The number of benzene rings is 2. The Kier molecular flexibility index (Phi) is 7.06. The van der Waals surface area contributed by atoms with E-state index in [9.17, 15) is 4.79 Å². The highest BCUT2D eigenvalue weighted by Crippen LogP contribution is 2.27. The number of aromatic nitrogens is 1. The maximum absolute atomic E-state index is 12.6. The Bertz CT molecular complexity index is 940. The van der Waals surface area contributed by atoms with E-state index < -0.39 is 0 Å². The van der Waals surface area contributed by atoms with Crippen LogP contribution in [0.3, 0.4) is 0 Å². The maximum atomic E-state index is 12.6. The summed E-state index contributed by atoms with van der Waals surface area (Å²) < 4.78 is 11.8. The second kappa shape index (κ2) is 9.71. The summed E-state index contributed by atoms with van der Waals surface area (Å²) in [5.41, 5.74) is 2.16. The zero-order valence-electron chi connectivity index (χ0n) is 17.4. The number of carbonyl (C=O) groups is 1. The van der Waals surface area contributed by atoms with Crippen LogP contribution in [0.25, 0.3) is 10.2 Å². The zero-order chi connectivity index (χ0) is 20.8. The van der Waals surface area contributed by atoms with Gasteiger partial charge in [-0.25, -0.2) is 4.98 Å². The molecular weight excluding hydrogens is 386 g/mol. The van der Waals surface area contributed by atoms with E-state index in [-0.39, 0.29) is 5.91 Å². The number of para-hydroxylation sites is 1. The van der Waals surface area contributed by atoms with Crippen molar-refractivity contribution >= 4 is 27.5 Å². The summed E-state index contributed by atoms with van der Waals surface area (Å²) in [5, 5.41) is 0.963. The second-order valence-corrected chi connectivity index (χ2v) is 8.26. The molecule has 7 heteroatoms. The highest BCUT2D eigenvalue weighted by Gasteiger charge is 2.17. The predicted octanol–water partition coefficient (Wildman–Crippen LogP) is 2.03. The molecule has 1 amide bonds. The van der Waals surface area contributed by atoms with Gasteiger partial charge in [0.25, 0.3) is 5.91 Å². The van der Waals surface area contributed by atoms with Crippen LogP contribution in [0.5, 0.6) is 11.5 Å². The number of carbonyl (C=O) groups excluding carboxylic acids is 1. The topological polar surface area (TPSA) is 56.1 Å². The fourth-order valence-electron chi connectivity index (χ4n) is 3.15. The van der Waals surface area contributed by atoms with Gasteiger partial charge in [-0.05, 0) is 29.8 Å². The number of ether oxygens (including phenoxy) is 2. The molecule has 2 aromatic carbocycles. The molecule has 1 heterocycles. The van der Waals surface area contributed by atoms with E-state index in [0.717, 1.165) is 45.3 Å². The van der Waals surface area contributed by atoms with Crippen molar-refractivity contribution in [1.82, 2.24) is 9.88 Å². The van der Waals surface area contributed by atoms with E-state index in [1.165, 1.54) is 4.90 Å². The van der Waals surface area contributed by atoms with Crippen LogP contribution in [0.2, 0.25) is 0 Å². The zero-order valence-corrected chi connectivity index (χ0v) is 18.2. The molecule has 3 aromatic rings. The minimum atomic E-state index is 0.120. The summed E-state index contributed by atoms with van der Waals surface area (Å²) in [6.45, 7) is 1.85. The summed E-state index contributed by atoms with van der Waals surface area (Å²) in [7, 11) is 7.16. The molecule has 3 rings (SSSR count). The molecule has 1 aromatic heterocycles. The molecule has 0 radical (unpaired) electrons. The van der Waals surface area contributed by atoms with Crippen molar-refractivity contribution in [3.63, 3.8) is 0 Å². The molecule has 154 valence electrons. The van der Waals surface area contributed by atoms with Crippen molar-refractivity contribution in [2.45, 2.75) is 13.0 Å². The summed E-state index contributed by atoms with van der Waals surface area (Å²) in [6, 6.07) is 14.0. The second-order valence-electron chi connectivity index (χ2n) is 7.15. The standard InChI is InChI=1S/C22H27N3O3S/c1-24(12-11-16-9-10-18(27-3)19(13-16)28-4)15-22(26)25(2)14-21-23-17-7-5-6-8-20(17)29-21/h5-10,13H,11-12,14-15H2,1-4H3/p+1. The molecular formula is C22H28N3O3S+. The van der Waals surface area contributed by atoms with Crippen LogP contribution < -0.4 is 14.4 Å². The fraction of sp³-hybridized carbons (Fsp3) is 0.364. The number of rotatable bonds is 9. The Morgan fingerprint density at radius 1 is 1.14 bits per heavy atom. The van der Waals surface area contributed by atoms with Gasteiger partial charge < -0.3 is 19.3 Å². The minimum Gasteiger partial charge on any atom is -0.493 e. The third-order valence-electron chi connectivity index (χ3n) is 4.88. The lowest BCUT2D eigenvalue weighted by molar-refractivity contribution is -0.871. The first-order valence-corrected chi connectivity index (χ1v) is 10.4. The third-order valence-corrected chi connectivity index (χ3v) is 5.90. The van der Waals surface area contributed by atoms with E-state index in [1.54, 1.807) is 30.5 Å². The predicted molar refractivity (Wildman–Crippen MR) is 116 cm³/mol. The first-order valence-electron chi connectivity index (χ1n) is 9.60. The Labute approximate surface area is 175 Å². The largest absolute Gasteiger partial charge is 0.493 e. The van der Waals surface area contributed by atoms with Crippen molar-refractivity contribution in [1.29, 1.82) is 0 Å². The number of thiazole rings is 1. The van der Waals surface area contributed by atoms with Crippen LogP contribution in [0.15, 0.2) is 42.5 Å². The molecule has 0 spiro atoms. The Hall–Kier alpha value is -2.64. The maximum Gasteiger partial charge on any atom is 0.277 e. The monoisotopic (exact) mass is 414 g/mol. The molecule has 0 fully saturated rings. The molecule has 6 nitrogen and oxygen atoms in total. The quantitative estimate of drug-likeness (QED) is 0.582. The first-order chi connectivity index (χ1) is 14.0. The third kappa shape index (κ3) is 5.46. The lowest BCUT2D eigenvalue weighted by Gasteiger charge is -2.19. The van der Waals surface area contributed by atoms with E-state index >= 15 is 0 Å². The molecule has 0 bridgehead atoms. The van der Waals surface area contributed by atoms with Crippen LogP contribution >= 0.6 is 11.3 Å². The minimum absolute atomic E-state index is 0.120. The SMILES string of the molecule is COc1ccc(CC[NH+](C)CC(=O)N(C)Cc2nc3ccccc3s2)cc1OC. The summed E-state index contributed by atoms with van der Waals surface area (Å²) >= 11 is 1.64. The number of methoxy groups -OCH3 is 2. The van der Waals surface area contributed by atoms with Gasteiger partial charge in [-0.2, -0.15) is 0 Å². The Balaban J connectivity index is 1.50. The normalized spacial score (nSPS) is 12.0. The highest BCUT2D eigenvalue weighted by molar-refractivity contribution is 7.18. The van der Waals surface area contributed by atoms with Crippen molar-refractivity contribution in [2.24, 2.45) is 0 Å². The van der Waals surface area contributed by atoms with Gasteiger partial charge >= 0.3 is 0 Å². The molecule has 0 aliphatic carbocycles. The smallest absolute Gasteiger partial charge is 0.277 e. The van der Waals surface area contributed by atoms with Gasteiger partial charge in [0.2, 0.25) is 0 Å². The molecule has 0 aliphatic heterocycles. The number of quaternary nitrogens is 1.